The van der Waals surface area contributed by atoms with Crippen molar-refractivity contribution in [2.45, 2.75) is 56.5 Å². The first kappa shape index (κ1) is 19.1. The van der Waals surface area contributed by atoms with Gasteiger partial charge in [0, 0.05) is 0 Å². The van der Waals surface area contributed by atoms with Crippen molar-refractivity contribution in [1.82, 2.24) is 5.32 Å². The van der Waals surface area contributed by atoms with E-state index in [-0.39, 0.29) is 13.2 Å². The summed E-state index contributed by atoms with van der Waals surface area (Å²) in [4.78, 5) is 11.2. The standard InChI is InChI=1S/C14H20F3NO6/c1-4-5-21-11-8(18-12(20)14(15,16)17)9(19)10-7(23-11)6-22-13(2,3)24-10/h4,7-11,19H,1,5-6H2,2-3H3,(H,18,20)/t7-,8-,9?,10-,11+/m1/s1. The minimum absolute atomic E-state index is 0.0413. The average molecular weight is 355 g/mol. The number of fused-ring (bicyclic) bond motifs is 1. The van der Waals surface area contributed by atoms with Crippen LogP contribution in [0.2, 0.25) is 0 Å². The van der Waals surface area contributed by atoms with E-state index in [1.165, 1.54) is 6.08 Å². The van der Waals surface area contributed by atoms with Gasteiger partial charge in [0.25, 0.3) is 0 Å². The number of hydrogen-bond acceptors (Lipinski definition) is 6. The van der Waals surface area contributed by atoms with Crippen LogP contribution in [0.4, 0.5) is 13.2 Å². The Hall–Kier alpha value is -1.20. The Kier molecular flexibility index (Phi) is 5.55. The van der Waals surface area contributed by atoms with E-state index in [0.29, 0.717) is 0 Å². The topological polar surface area (TPSA) is 86.2 Å². The Morgan fingerprint density at radius 2 is 2.17 bits per heavy atom. The van der Waals surface area contributed by atoms with Gasteiger partial charge in [0.15, 0.2) is 12.1 Å². The molecule has 2 aliphatic heterocycles. The summed E-state index contributed by atoms with van der Waals surface area (Å²) in [6, 6.07) is -1.46. The van der Waals surface area contributed by atoms with E-state index < -0.39 is 48.5 Å². The summed E-state index contributed by atoms with van der Waals surface area (Å²) in [5, 5.41) is 12.1. The maximum Gasteiger partial charge on any atom is 0.471 e. The number of ether oxygens (including phenoxy) is 4. The highest BCUT2D eigenvalue weighted by molar-refractivity contribution is 5.82. The minimum atomic E-state index is -5.10. The van der Waals surface area contributed by atoms with E-state index in [1.807, 2.05) is 0 Å². The number of halogens is 3. The van der Waals surface area contributed by atoms with Crippen LogP contribution in [0.5, 0.6) is 0 Å². The SMILES string of the molecule is C=CCO[C@H]1O[C@@H]2COC(C)(C)O[C@H]2C(O)[C@H]1NC(=O)C(F)(F)F. The van der Waals surface area contributed by atoms with Crippen molar-refractivity contribution < 1.29 is 42.0 Å². The van der Waals surface area contributed by atoms with Crippen molar-refractivity contribution in [3.63, 3.8) is 0 Å². The lowest BCUT2D eigenvalue weighted by molar-refractivity contribution is -0.368. The second-order valence-electron chi connectivity index (χ2n) is 5.95. The molecule has 0 aromatic carbocycles. The molecule has 0 aromatic heterocycles. The summed E-state index contributed by atoms with van der Waals surface area (Å²) in [7, 11) is 0. The summed E-state index contributed by atoms with van der Waals surface area (Å²) < 4.78 is 59.3. The Morgan fingerprint density at radius 1 is 1.50 bits per heavy atom. The van der Waals surface area contributed by atoms with E-state index in [0.717, 1.165) is 0 Å². The molecule has 24 heavy (non-hydrogen) atoms. The van der Waals surface area contributed by atoms with Gasteiger partial charge in [0.05, 0.1) is 13.2 Å². The van der Waals surface area contributed by atoms with Crippen molar-refractivity contribution in [3.05, 3.63) is 12.7 Å². The lowest BCUT2D eigenvalue weighted by Gasteiger charge is -2.49. The molecule has 2 saturated heterocycles. The van der Waals surface area contributed by atoms with Crippen LogP contribution in [0.1, 0.15) is 13.8 Å². The smallest absolute Gasteiger partial charge is 0.388 e. The molecule has 138 valence electrons. The molecule has 2 rings (SSSR count). The highest BCUT2D eigenvalue weighted by Gasteiger charge is 2.53. The molecule has 0 saturated carbocycles. The summed E-state index contributed by atoms with van der Waals surface area (Å²) in [6.45, 7) is 6.64. The summed E-state index contributed by atoms with van der Waals surface area (Å²) in [5.74, 6) is -3.24. The molecule has 2 heterocycles. The van der Waals surface area contributed by atoms with Crippen LogP contribution in [0.3, 0.4) is 0 Å². The zero-order valence-corrected chi connectivity index (χ0v) is 13.2. The van der Waals surface area contributed by atoms with Crippen LogP contribution in [0, 0.1) is 0 Å². The molecule has 10 heteroatoms. The second kappa shape index (κ2) is 6.96. The van der Waals surface area contributed by atoms with Gasteiger partial charge in [-0.25, -0.2) is 0 Å². The average Bonchev–Trinajstić information content (AvgIpc) is 2.47. The number of hydrogen-bond donors (Lipinski definition) is 2. The fourth-order valence-electron chi connectivity index (χ4n) is 2.54. The van der Waals surface area contributed by atoms with Crippen molar-refractivity contribution >= 4 is 5.91 Å². The first-order valence-electron chi connectivity index (χ1n) is 7.30. The lowest BCUT2D eigenvalue weighted by Crippen LogP contribution is -2.69. The highest BCUT2D eigenvalue weighted by Crippen LogP contribution is 2.33. The quantitative estimate of drug-likeness (QED) is 0.713. The predicted molar refractivity (Wildman–Crippen MR) is 73.7 cm³/mol. The van der Waals surface area contributed by atoms with Gasteiger partial charge < -0.3 is 29.4 Å². The van der Waals surface area contributed by atoms with Crippen LogP contribution in [-0.2, 0) is 23.7 Å². The number of amides is 1. The van der Waals surface area contributed by atoms with E-state index in [4.69, 9.17) is 18.9 Å². The van der Waals surface area contributed by atoms with Gasteiger partial charge in [-0.05, 0) is 13.8 Å². The molecule has 7 nitrogen and oxygen atoms in total. The molecule has 1 unspecified atom stereocenters. The predicted octanol–water partition coefficient (Wildman–Crippen LogP) is 0.473. The van der Waals surface area contributed by atoms with Crippen LogP contribution >= 0.6 is 0 Å². The molecule has 5 atom stereocenters. The Labute approximate surface area is 136 Å². The van der Waals surface area contributed by atoms with Crippen molar-refractivity contribution in [1.29, 1.82) is 0 Å². The van der Waals surface area contributed by atoms with E-state index in [2.05, 4.69) is 6.58 Å². The van der Waals surface area contributed by atoms with Crippen LogP contribution < -0.4 is 5.32 Å². The van der Waals surface area contributed by atoms with Gasteiger partial charge in [0.1, 0.15) is 24.4 Å². The fourth-order valence-corrected chi connectivity index (χ4v) is 2.54. The molecule has 0 radical (unpaired) electrons. The number of carbonyl (C=O) groups is 1. The van der Waals surface area contributed by atoms with E-state index >= 15 is 0 Å². The summed E-state index contributed by atoms with van der Waals surface area (Å²) in [5.41, 5.74) is 0. The third kappa shape index (κ3) is 4.25. The molecule has 0 spiro atoms. The molecule has 2 aliphatic rings. The van der Waals surface area contributed by atoms with Crippen molar-refractivity contribution in [2.75, 3.05) is 13.2 Å². The monoisotopic (exact) mass is 355 g/mol. The van der Waals surface area contributed by atoms with E-state index in [1.54, 1.807) is 19.2 Å². The number of alkyl halides is 3. The van der Waals surface area contributed by atoms with Gasteiger partial charge in [-0.2, -0.15) is 13.2 Å². The van der Waals surface area contributed by atoms with E-state index in [9.17, 15) is 23.1 Å². The van der Waals surface area contributed by atoms with Crippen molar-refractivity contribution in [3.8, 4) is 0 Å². The Morgan fingerprint density at radius 3 is 2.75 bits per heavy atom. The summed E-state index contributed by atoms with van der Waals surface area (Å²) >= 11 is 0. The van der Waals surface area contributed by atoms with Gasteiger partial charge in [-0.3, -0.25) is 4.79 Å². The first-order chi connectivity index (χ1) is 11.0. The van der Waals surface area contributed by atoms with Crippen LogP contribution in [-0.4, -0.2) is 66.8 Å². The second-order valence-corrected chi connectivity index (χ2v) is 5.95. The Bertz CT molecular complexity index is 484. The zero-order valence-electron chi connectivity index (χ0n) is 13.2. The number of aliphatic hydroxyl groups excluding tert-OH is 1. The van der Waals surface area contributed by atoms with Gasteiger partial charge >= 0.3 is 12.1 Å². The molecular weight excluding hydrogens is 335 g/mol. The number of aliphatic hydroxyl groups is 1. The molecule has 2 fully saturated rings. The first-order valence-corrected chi connectivity index (χ1v) is 7.30. The molecule has 0 aliphatic carbocycles. The fraction of sp³-hybridized carbons (Fsp3) is 0.786. The lowest BCUT2D eigenvalue weighted by atomic mass is 9.95. The Balaban J connectivity index is 2.18. The molecule has 0 aromatic rings. The normalized spacial score (nSPS) is 35.8. The van der Waals surface area contributed by atoms with Gasteiger partial charge in [0.2, 0.25) is 0 Å². The van der Waals surface area contributed by atoms with Crippen LogP contribution in [0.15, 0.2) is 12.7 Å². The van der Waals surface area contributed by atoms with Crippen molar-refractivity contribution in [2.24, 2.45) is 0 Å². The third-order valence-corrected chi connectivity index (χ3v) is 3.62. The largest absolute Gasteiger partial charge is 0.471 e. The molecule has 2 N–H and O–H groups in total. The summed E-state index contributed by atoms with van der Waals surface area (Å²) in [6.07, 6.45) is -8.25. The number of nitrogens with one attached hydrogen (secondary N) is 1. The minimum Gasteiger partial charge on any atom is -0.388 e. The number of carbonyl (C=O) groups excluding carboxylic acids is 1. The molecule has 0 bridgehead atoms. The van der Waals surface area contributed by atoms with Gasteiger partial charge in [-0.1, -0.05) is 6.08 Å². The molecule has 1 amide bonds. The number of rotatable bonds is 4. The highest BCUT2D eigenvalue weighted by atomic mass is 19.4. The zero-order chi connectivity index (χ0) is 18.1. The molecular formula is C14H20F3NO6. The van der Waals surface area contributed by atoms with Gasteiger partial charge in [-0.15, -0.1) is 6.58 Å². The third-order valence-electron chi connectivity index (χ3n) is 3.62. The maximum atomic E-state index is 12.5. The maximum absolute atomic E-state index is 12.5. The van der Waals surface area contributed by atoms with Crippen LogP contribution in [0.25, 0.3) is 0 Å².